The number of hydrogen-bond acceptors (Lipinski definition) is 2. The van der Waals surface area contributed by atoms with E-state index in [0.717, 1.165) is 0 Å². The Hall–Kier alpha value is -0.000000000000000111. The molecular weight excluding hydrogens is 317 g/mol. The minimum atomic E-state index is -3.73. The number of halogens is 3. The largest absolute Gasteiger partial charge is 0.244 e. The Morgan fingerprint density at radius 2 is 1.83 bits per heavy atom. The van der Waals surface area contributed by atoms with Crippen molar-refractivity contribution in [3.05, 3.63) is 28.2 Å². The van der Waals surface area contributed by atoms with Gasteiger partial charge >= 0.3 is 0 Å². The van der Waals surface area contributed by atoms with E-state index in [4.69, 9.17) is 34.8 Å². The van der Waals surface area contributed by atoms with Crippen LogP contribution >= 0.6 is 34.8 Å². The van der Waals surface area contributed by atoms with Crippen LogP contribution in [0.25, 0.3) is 0 Å². The summed E-state index contributed by atoms with van der Waals surface area (Å²) in [6.07, 6.45) is 0. The second-order valence-electron chi connectivity index (χ2n) is 4.49. The summed E-state index contributed by atoms with van der Waals surface area (Å²) in [6, 6.07) is 4.33. The molecule has 0 atom stereocenters. The van der Waals surface area contributed by atoms with E-state index in [1.54, 1.807) is 13.8 Å². The van der Waals surface area contributed by atoms with Gasteiger partial charge in [0.1, 0.15) is 4.90 Å². The molecule has 3 nitrogen and oxygen atoms in total. The number of nitrogens with zero attached hydrogens (tertiary/aromatic N) is 1. The molecule has 1 rings (SSSR count). The normalized spacial score (nSPS) is 13.1. The maximum Gasteiger partial charge on any atom is 0.244 e. The van der Waals surface area contributed by atoms with Crippen LogP contribution in [-0.4, -0.2) is 31.2 Å². The van der Waals surface area contributed by atoms with Crippen LogP contribution < -0.4 is 0 Å². The van der Waals surface area contributed by atoms with Crippen molar-refractivity contribution in [3.8, 4) is 0 Å². The zero-order chi connectivity index (χ0) is 14.1. The van der Waals surface area contributed by atoms with Gasteiger partial charge < -0.3 is 0 Å². The maximum absolute atomic E-state index is 12.4. The number of hydrogen-bond donors (Lipinski definition) is 0. The zero-order valence-corrected chi connectivity index (χ0v) is 13.3. The van der Waals surface area contributed by atoms with Gasteiger partial charge in [-0.25, -0.2) is 8.42 Å². The summed E-state index contributed by atoms with van der Waals surface area (Å²) in [4.78, 5) is -0.0163. The highest BCUT2D eigenvalue weighted by Crippen LogP contribution is 2.30. The van der Waals surface area contributed by atoms with Crippen molar-refractivity contribution in [2.45, 2.75) is 24.3 Å². The van der Waals surface area contributed by atoms with E-state index in [9.17, 15) is 8.42 Å². The minimum absolute atomic E-state index is 0.0163. The Morgan fingerprint density at radius 3 is 2.33 bits per heavy atom. The third kappa shape index (κ3) is 3.11. The second-order valence-corrected chi connectivity index (χ2v) is 7.54. The first-order valence-corrected chi connectivity index (χ1v) is 7.86. The van der Waals surface area contributed by atoms with E-state index in [2.05, 4.69) is 0 Å². The first kappa shape index (κ1) is 16.1. The molecule has 1 aromatic rings. The van der Waals surface area contributed by atoms with E-state index < -0.39 is 15.6 Å². The lowest BCUT2D eigenvalue weighted by Crippen LogP contribution is -2.46. The van der Waals surface area contributed by atoms with Crippen LogP contribution in [0.15, 0.2) is 23.1 Å². The summed E-state index contributed by atoms with van der Waals surface area (Å²) >= 11 is 17.5. The van der Waals surface area contributed by atoms with Crippen LogP contribution in [0.1, 0.15) is 13.8 Å². The molecule has 0 saturated carbocycles. The molecule has 0 fully saturated rings. The molecule has 0 saturated heterocycles. The Morgan fingerprint density at radius 1 is 1.28 bits per heavy atom. The lowest BCUT2D eigenvalue weighted by atomic mass is 10.1. The fourth-order valence-corrected chi connectivity index (χ4v) is 3.73. The first-order chi connectivity index (χ1) is 8.13. The van der Waals surface area contributed by atoms with E-state index in [0.29, 0.717) is 5.02 Å². The van der Waals surface area contributed by atoms with Crippen molar-refractivity contribution < 1.29 is 8.42 Å². The molecule has 0 amide bonds. The van der Waals surface area contributed by atoms with Crippen molar-refractivity contribution in [2.75, 3.05) is 12.9 Å². The summed E-state index contributed by atoms with van der Waals surface area (Å²) in [7, 11) is -2.26. The van der Waals surface area contributed by atoms with Gasteiger partial charge in [0.25, 0.3) is 0 Å². The Labute approximate surface area is 123 Å². The average molecular weight is 331 g/mol. The fourth-order valence-electron chi connectivity index (χ4n) is 1.23. The number of alkyl halides is 1. The standard InChI is InChI=1S/C11H14Cl3NO2S/c1-11(2,7-12)15(3)18(16,17)10-6-8(13)4-5-9(10)14/h4-6H,7H2,1-3H3. The predicted octanol–water partition coefficient (Wildman–Crippen LogP) is 3.63. The van der Waals surface area contributed by atoms with Crippen LogP contribution in [0.3, 0.4) is 0 Å². The van der Waals surface area contributed by atoms with E-state index >= 15 is 0 Å². The van der Waals surface area contributed by atoms with Gasteiger partial charge in [0.2, 0.25) is 10.0 Å². The zero-order valence-electron chi connectivity index (χ0n) is 10.2. The Kier molecular flexibility index (Phi) is 4.95. The third-order valence-corrected chi connectivity index (χ3v) is 6.15. The summed E-state index contributed by atoms with van der Waals surface area (Å²) < 4.78 is 26.1. The topological polar surface area (TPSA) is 37.4 Å². The molecule has 0 spiro atoms. The highest BCUT2D eigenvalue weighted by molar-refractivity contribution is 7.89. The third-order valence-electron chi connectivity index (χ3n) is 2.71. The van der Waals surface area contributed by atoms with Gasteiger partial charge in [-0.3, -0.25) is 0 Å². The quantitative estimate of drug-likeness (QED) is 0.791. The molecule has 0 bridgehead atoms. The molecule has 18 heavy (non-hydrogen) atoms. The predicted molar refractivity (Wildman–Crippen MR) is 76.2 cm³/mol. The molecule has 1 aromatic carbocycles. The Bertz CT molecular complexity index is 543. The maximum atomic E-state index is 12.4. The summed E-state index contributed by atoms with van der Waals surface area (Å²) in [5, 5.41) is 0.451. The van der Waals surface area contributed by atoms with Crippen LogP contribution in [0.2, 0.25) is 10.0 Å². The molecule has 0 unspecified atom stereocenters. The van der Waals surface area contributed by atoms with E-state index in [-0.39, 0.29) is 15.8 Å². The van der Waals surface area contributed by atoms with Gasteiger partial charge in [-0.1, -0.05) is 23.2 Å². The van der Waals surface area contributed by atoms with Gasteiger partial charge in [0.15, 0.2) is 0 Å². The van der Waals surface area contributed by atoms with Gasteiger partial charge in [-0.05, 0) is 32.0 Å². The van der Waals surface area contributed by atoms with Gasteiger partial charge in [-0.15, -0.1) is 11.6 Å². The molecule has 0 aliphatic carbocycles. The van der Waals surface area contributed by atoms with Crippen molar-refractivity contribution in [2.24, 2.45) is 0 Å². The van der Waals surface area contributed by atoms with Crippen molar-refractivity contribution in [3.63, 3.8) is 0 Å². The summed E-state index contributed by atoms with van der Waals surface area (Å²) in [5.74, 6) is 0.168. The Balaban J connectivity index is 3.34. The summed E-state index contributed by atoms with van der Waals surface area (Å²) in [5.41, 5.74) is -0.716. The fraction of sp³-hybridized carbons (Fsp3) is 0.455. The molecule has 102 valence electrons. The second kappa shape index (κ2) is 5.55. The number of benzene rings is 1. The van der Waals surface area contributed by atoms with Crippen LogP contribution in [0.4, 0.5) is 0 Å². The molecule has 0 N–H and O–H groups in total. The van der Waals surface area contributed by atoms with Crippen molar-refractivity contribution in [1.82, 2.24) is 4.31 Å². The van der Waals surface area contributed by atoms with Gasteiger partial charge in [0, 0.05) is 23.5 Å². The minimum Gasteiger partial charge on any atom is -0.207 e. The van der Waals surface area contributed by atoms with Crippen LogP contribution in [-0.2, 0) is 10.0 Å². The molecule has 7 heteroatoms. The highest BCUT2D eigenvalue weighted by Gasteiger charge is 2.34. The molecule has 0 aliphatic heterocycles. The van der Waals surface area contributed by atoms with E-state index in [1.807, 2.05) is 0 Å². The lowest BCUT2D eigenvalue weighted by molar-refractivity contribution is 0.296. The lowest BCUT2D eigenvalue weighted by Gasteiger charge is -2.32. The molecule has 0 aliphatic rings. The van der Waals surface area contributed by atoms with Crippen molar-refractivity contribution >= 4 is 44.8 Å². The number of rotatable bonds is 4. The van der Waals surface area contributed by atoms with E-state index in [1.165, 1.54) is 29.6 Å². The van der Waals surface area contributed by atoms with Crippen LogP contribution in [0.5, 0.6) is 0 Å². The number of sulfonamides is 1. The molecular formula is C11H14Cl3NO2S. The van der Waals surface area contributed by atoms with Crippen LogP contribution in [0, 0.1) is 0 Å². The molecule has 0 radical (unpaired) electrons. The van der Waals surface area contributed by atoms with Gasteiger partial charge in [0.05, 0.1) is 5.02 Å². The first-order valence-electron chi connectivity index (χ1n) is 5.13. The molecule has 0 heterocycles. The highest BCUT2D eigenvalue weighted by atomic mass is 35.5. The smallest absolute Gasteiger partial charge is 0.207 e. The molecule has 0 aromatic heterocycles. The average Bonchev–Trinajstić information content (AvgIpc) is 2.31. The SMILES string of the molecule is CN(C(C)(C)CCl)S(=O)(=O)c1cc(Cl)ccc1Cl. The van der Waals surface area contributed by atoms with Crippen molar-refractivity contribution in [1.29, 1.82) is 0 Å². The van der Waals surface area contributed by atoms with Gasteiger partial charge in [-0.2, -0.15) is 4.31 Å². The summed E-state index contributed by atoms with van der Waals surface area (Å²) in [6.45, 7) is 3.46. The monoisotopic (exact) mass is 329 g/mol.